The number of nitrogens with one attached hydrogen (secondary N) is 1. The molecule has 2 heterocycles. The molecule has 2 saturated heterocycles. The van der Waals surface area contributed by atoms with Crippen LogP contribution in [0.3, 0.4) is 0 Å². The number of hydrogen-bond donors (Lipinski definition) is 1. The van der Waals surface area contributed by atoms with E-state index in [0.717, 1.165) is 25.0 Å². The van der Waals surface area contributed by atoms with Gasteiger partial charge in [-0.2, -0.15) is 0 Å². The molecule has 2 aliphatic rings. The van der Waals surface area contributed by atoms with E-state index >= 15 is 0 Å². The molecule has 4 unspecified atom stereocenters. The Balaban J connectivity index is 1.76. The Labute approximate surface area is 106 Å². The second-order valence-corrected chi connectivity index (χ2v) is 6.03. The Morgan fingerprint density at radius 3 is 2.59 bits per heavy atom. The van der Waals surface area contributed by atoms with E-state index in [9.17, 15) is 0 Å². The van der Waals surface area contributed by atoms with Crippen LogP contribution in [0.5, 0.6) is 0 Å². The molecule has 2 rings (SSSR count). The first-order chi connectivity index (χ1) is 8.16. The van der Waals surface area contributed by atoms with Crippen molar-refractivity contribution in [1.82, 2.24) is 10.2 Å². The van der Waals surface area contributed by atoms with Crippen molar-refractivity contribution < 1.29 is 4.74 Å². The molecule has 2 aliphatic heterocycles. The molecular formula is C14H28N2O. The molecule has 0 aromatic rings. The summed E-state index contributed by atoms with van der Waals surface area (Å²) in [4.78, 5) is 2.47. The van der Waals surface area contributed by atoms with Crippen molar-refractivity contribution in [3.63, 3.8) is 0 Å². The van der Waals surface area contributed by atoms with Crippen LogP contribution in [0.25, 0.3) is 0 Å². The van der Waals surface area contributed by atoms with Crippen molar-refractivity contribution in [3.8, 4) is 0 Å². The Kier molecular flexibility index (Phi) is 4.83. The highest BCUT2D eigenvalue weighted by Crippen LogP contribution is 2.21. The van der Waals surface area contributed by atoms with Gasteiger partial charge in [-0.15, -0.1) is 0 Å². The first-order valence-electron chi connectivity index (χ1n) is 7.19. The zero-order chi connectivity index (χ0) is 12.3. The molecule has 0 bridgehead atoms. The SMILES string of the molecule is CC(NC(C)C1CCCN(C)C1)C1CCOC1. The van der Waals surface area contributed by atoms with Gasteiger partial charge in [0.25, 0.3) is 0 Å². The standard InChI is InChI=1S/C14H28N2O/c1-11(13-5-4-7-16(3)9-13)15-12(2)14-6-8-17-10-14/h11-15H,4-10H2,1-3H3. The molecule has 0 saturated carbocycles. The molecule has 0 aromatic carbocycles. The summed E-state index contributed by atoms with van der Waals surface area (Å²) in [7, 11) is 2.24. The smallest absolute Gasteiger partial charge is 0.0509 e. The van der Waals surface area contributed by atoms with Gasteiger partial charge in [-0.05, 0) is 58.5 Å². The predicted molar refractivity (Wildman–Crippen MR) is 71.2 cm³/mol. The van der Waals surface area contributed by atoms with Gasteiger partial charge >= 0.3 is 0 Å². The van der Waals surface area contributed by atoms with Crippen molar-refractivity contribution in [2.75, 3.05) is 33.4 Å². The minimum absolute atomic E-state index is 0.597. The molecule has 0 radical (unpaired) electrons. The van der Waals surface area contributed by atoms with Crippen LogP contribution in [0.2, 0.25) is 0 Å². The monoisotopic (exact) mass is 240 g/mol. The summed E-state index contributed by atoms with van der Waals surface area (Å²) in [6.07, 6.45) is 3.96. The second kappa shape index (κ2) is 6.17. The Morgan fingerprint density at radius 2 is 1.94 bits per heavy atom. The molecule has 100 valence electrons. The summed E-state index contributed by atoms with van der Waals surface area (Å²) < 4.78 is 5.47. The topological polar surface area (TPSA) is 24.5 Å². The van der Waals surface area contributed by atoms with E-state index < -0.39 is 0 Å². The minimum Gasteiger partial charge on any atom is -0.381 e. The third kappa shape index (κ3) is 3.67. The molecule has 3 heteroatoms. The number of rotatable bonds is 4. The van der Waals surface area contributed by atoms with Crippen LogP contribution in [-0.2, 0) is 4.74 Å². The second-order valence-electron chi connectivity index (χ2n) is 6.03. The van der Waals surface area contributed by atoms with E-state index in [1.165, 1.54) is 32.4 Å². The number of piperidine rings is 1. The molecule has 0 aliphatic carbocycles. The van der Waals surface area contributed by atoms with E-state index in [-0.39, 0.29) is 0 Å². The van der Waals surface area contributed by atoms with E-state index in [2.05, 4.69) is 31.1 Å². The number of nitrogens with zero attached hydrogens (tertiary/aromatic N) is 1. The zero-order valence-electron chi connectivity index (χ0n) is 11.6. The molecule has 0 amide bonds. The fraction of sp³-hybridized carbons (Fsp3) is 1.00. The number of ether oxygens (including phenoxy) is 1. The predicted octanol–water partition coefficient (Wildman–Crippen LogP) is 1.73. The van der Waals surface area contributed by atoms with Crippen LogP contribution in [0.15, 0.2) is 0 Å². The maximum Gasteiger partial charge on any atom is 0.0509 e. The van der Waals surface area contributed by atoms with Gasteiger partial charge in [0.15, 0.2) is 0 Å². The van der Waals surface area contributed by atoms with Crippen molar-refractivity contribution in [2.45, 2.75) is 45.2 Å². The van der Waals surface area contributed by atoms with Gasteiger partial charge in [0.2, 0.25) is 0 Å². The molecule has 0 aromatic heterocycles. The fourth-order valence-corrected chi connectivity index (χ4v) is 3.25. The van der Waals surface area contributed by atoms with Crippen molar-refractivity contribution >= 4 is 0 Å². The maximum absolute atomic E-state index is 5.47. The first-order valence-corrected chi connectivity index (χ1v) is 7.19. The highest BCUT2D eigenvalue weighted by molar-refractivity contribution is 4.84. The van der Waals surface area contributed by atoms with Gasteiger partial charge in [-0.3, -0.25) is 0 Å². The quantitative estimate of drug-likeness (QED) is 0.810. The Morgan fingerprint density at radius 1 is 1.18 bits per heavy atom. The van der Waals surface area contributed by atoms with Gasteiger partial charge in [0.1, 0.15) is 0 Å². The number of hydrogen-bond acceptors (Lipinski definition) is 3. The molecule has 4 atom stereocenters. The molecule has 0 spiro atoms. The van der Waals surface area contributed by atoms with Crippen LogP contribution in [0, 0.1) is 11.8 Å². The average molecular weight is 240 g/mol. The van der Waals surface area contributed by atoms with E-state index in [4.69, 9.17) is 4.74 Å². The summed E-state index contributed by atoms with van der Waals surface area (Å²) in [5.74, 6) is 1.54. The van der Waals surface area contributed by atoms with Crippen molar-refractivity contribution in [3.05, 3.63) is 0 Å². The van der Waals surface area contributed by atoms with Gasteiger partial charge in [0, 0.05) is 25.2 Å². The first kappa shape index (κ1) is 13.3. The molecule has 1 N–H and O–H groups in total. The third-order valence-electron chi connectivity index (χ3n) is 4.57. The van der Waals surface area contributed by atoms with Gasteiger partial charge in [0.05, 0.1) is 6.61 Å². The van der Waals surface area contributed by atoms with Gasteiger partial charge in [-0.25, -0.2) is 0 Å². The van der Waals surface area contributed by atoms with E-state index in [1.54, 1.807) is 0 Å². The Bertz CT molecular complexity index is 228. The van der Waals surface area contributed by atoms with E-state index in [0.29, 0.717) is 12.1 Å². The summed E-state index contributed by atoms with van der Waals surface area (Å²) in [5, 5.41) is 3.81. The third-order valence-corrected chi connectivity index (χ3v) is 4.57. The van der Waals surface area contributed by atoms with Crippen molar-refractivity contribution in [1.29, 1.82) is 0 Å². The average Bonchev–Trinajstić information content (AvgIpc) is 2.82. The lowest BCUT2D eigenvalue weighted by molar-refractivity contribution is 0.156. The zero-order valence-corrected chi connectivity index (χ0v) is 11.6. The summed E-state index contributed by atoms with van der Waals surface area (Å²) in [6, 6.07) is 1.23. The highest BCUT2D eigenvalue weighted by Gasteiger charge is 2.27. The summed E-state index contributed by atoms with van der Waals surface area (Å²) >= 11 is 0. The van der Waals surface area contributed by atoms with E-state index in [1.807, 2.05) is 0 Å². The lowest BCUT2D eigenvalue weighted by atomic mass is 9.90. The Hall–Kier alpha value is -0.120. The van der Waals surface area contributed by atoms with Crippen molar-refractivity contribution in [2.24, 2.45) is 11.8 Å². The molecular weight excluding hydrogens is 212 g/mol. The lowest BCUT2D eigenvalue weighted by Gasteiger charge is -2.36. The highest BCUT2D eigenvalue weighted by atomic mass is 16.5. The largest absolute Gasteiger partial charge is 0.381 e. The molecule has 3 nitrogen and oxygen atoms in total. The number of likely N-dealkylation sites (tertiary alicyclic amines) is 1. The fourth-order valence-electron chi connectivity index (χ4n) is 3.25. The normalized spacial score (nSPS) is 34.8. The minimum atomic E-state index is 0.597. The van der Waals surface area contributed by atoms with Crippen LogP contribution in [0.1, 0.15) is 33.1 Å². The van der Waals surface area contributed by atoms with Crippen LogP contribution >= 0.6 is 0 Å². The molecule has 17 heavy (non-hydrogen) atoms. The van der Waals surface area contributed by atoms with Gasteiger partial charge in [-0.1, -0.05) is 0 Å². The summed E-state index contributed by atoms with van der Waals surface area (Å²) in [5.41, 5.74) is 0. The van der Waals surface area contributed by atoms with Crippen LogP contribution in [-0.4, -0.2) is 50.3 Å². The molecule has 2 fully saturated rings. The van der Waals surface area contributed by atoms with Gasteiger partial charge < -0.3 is 15.0 Å². The maximum atomic E-state index is 5.47. The summed E-state index contributed by atoms with van der Waals surface area (Å²) in [6.45, 7) is 9.11. The van der Waals surface area contributed by atoms with Crippen LogP contribution in [0.4, 0.5) is 0 Å². The van der Waals surface area contributed by atoms with Crippen LogP contribution < -0.4 is 5.32 Å². The lowest BCUT2D eigenvalue weighted by Crippen LogP contribution is -2.47.